The van der Waals surface area contributed by atoms with E-state index in [9.17, 15) is 4.79 Å². The summed E-state index contributed by atoms with van der Waals surface area (Å²) in [7, 11) is 0. The first-order chi connectivity index (χ1) is 12.4. The minimum atomic E-state index is -0.304. The summed E-state index contributed by atoms with van der Waals surface area (Å²) < 4.78 is 27.8. The van der Waals surface area contributed by atoms with E-state index < -0.39 is 0 Å². The number of hydrogen-bond donors (Lipinski definition) is 0. The van der Waals surface area contributed by atoms with Gasteiger partial charge in [0, 0.05) is 6.92 Å². The first-order valence-electron chi connectivity index (χ1n) is 9.06. The molecule has 148 valence electrons. The van der Waals surface area contributed by atoms with E-state index >= 15 is 0 Å². The van der Waals surface area contributed by atoms with E-state index in [2.05, 4.69) is 0 Å². The Morgan fingerprint density at radius 1 is 0.769 bits per heavy atom. The first-order valence-corrected chi connectivity index (χ1v) is 9.06. The Balaban J connectivity index is 2.11. The Bertz CT molecular complexity index is 492. The van der Waals surface area contributed by atoms with E-state index in [-0.39, 0.29) is 37.0 Å². The molecule has 0 N–H and O–H groups in total. The Hall–Kier alpha value is -1.63. The lowest BCUT2D eigenvalue weighted by molar-refractivity contribution is -0.146. The predicted octanol–water partition coefficient (Wildman–Crippen LogP) is 3.23. The molecule has 1 aromatic carbocycles. The molecule has 4 atom stereocenters. The molecular formula is C20H32O6. The second kappa shape index (κ2) is 12.7. The van der Waals surface area contributed by atoms with E-state index in [1.54, 1.807) is 0 Å². The summed E-state index contributed by atoms with van der Waals surface area (Å²) >= 11 is 0. The lowest BCUT2D eigenvalue weighted by Gasteiger charge is -2.21. The number of benzene rings is 1. The maximum Gasteiger partial charge on any atom is 0.302 e. The number of carbonyl (C=O) groups excluding carboxylic acids is 1. The van der Waals surface area contributed by atoms with Crippen LogP contribution in [-0.2, 0) is 23.7 Å². The van der Waals surface area contributed by atoms with Crippen molar-refractivity contribution in [2.45, 2.75) is 59.0 Å². The van der Waals surface area contributed by atoms with E-state index in [1.165, 1.54) is 6.92 Å². The maximum absolute atomic E-state index is 10.8. The van der Waals surface area contributed by atoms with Gasteiger partial charge >= 0.3 is 5.97 Å². The van der Waals surface area contributed by atoms with Gasteiger partial charge in [-0.25, -0.2) is 0 Å². The number of para-hydroxylation sites is 1. The van der Waals surface area contributed by atoms with Crippen molar-refractivity contribution in [1.29, 1.82) is 0 Å². The normalized spacial score (nSPS) is 15.7. The molecule has 0 heterocycles. The second-order valence-corrected chi connectivity index (χ2v) is 6.48. The van der Waals surface area contributed by atoms with E-state index in [4.69, 9.17) is 23.7 Å². The summed E-state index contributed by atoms with van der Waals surface area (Å²) in [6, 6.07) is 9.68. The highest BCUT2D eigenvalue weighted by Crippen LogP contribution is 2.11. The van der Waals surface area contributed by atoms with Gasteiger partial charge in [0.1, 0.15) is 18.5 Å². The summed E-state index contributed by atoms with van der Waals surface area (Å²) in [6.45, 7) is 10.8. The van der Waals surface area contributed by atoms with Crippen LogP contribution in [0.1, 0.15) is 34.6 Å². The average molecular weight is 368 g/mol. The summed E-state index contributed by atoms with van der Waals surface area (Å²) in [5, 5.41) is 0. The van der Waals surface area contributed by atoms with Crippen LogP contribution >= 0.6 is 0 Å². The van der Waals surface area contributed by atoms with Crippen molar-refractivity contribution >= 4 is 5.97 Å². The number of carbonyl (C=O) groups is 1. The molecule has 0 fully saturated rings. The molecule has 0 saturated heterocycles. The number of ether oxygens (including phenoxy) is 5. The van der Waals surface area contributed by atoms with Crippen molar-refractivity contribution in [2.24, 2.45) is 0 Å². The molecule has 4 unspecified atom stereocenters. The zero-order chi connectivity index (χ0) is 19.4. The summed E-state index contributed by atoms with van der Waals surface area (Å²) in [5.74, 6) is 0.530. The highest BCUT2D eigenvalue weighted by molar-refractivity contribution is 5.65. The largest absolute Gasteiger partial charge is 0.488 e. The summed E-state index contributed by atoms with van der Waals surface area (Å²) in [5.41, 5.74) is 0. The molecule has 0 spiro atoms. The Kier molecular flexibility index (Phi) is 10.9. The van der Waals surface area contributed by atoms with Gasteiger partial charge in [-0.3, -0.25) is 4.79 Å². The monoisotopic (exact) mass is 368 g/mol. The highest BCUT2D eigenvalue weighted by atomic mass is 16.6. The molecule has 1 rings (SSSR count). The quantitative estimate of drug-likeness (QED) is 0.498. The van der Waals surface area contributed by atoms with Gasteiger partial charge in [0.2, 0.25) is 0 Å². The van der Waals surface area contributed by atoms with Gasteiger partial charge in [-0.2, -0.15) is 0 Å². The van der Waals surface area contributed by atoms with E-state index in [1.807, 2.05) is 58.0 Å². The molecule has 0 aromatic heterocycles. The summed E-state index contributed by atoms with van der Waals surface area (Å²) in [4.78, 5) is 10.8. The zero-order valence-corrected chi connectivity index (χ0v) is 16.5. The summed E-state index contributed by atoms with van der Waals surface area (Å²) in [6.07, 6.45) is -0.311. The Morgan fingerprint density at radius 3 is 1.73 bits per heavy atom. The van der Waals surface area contributed by atoms with Crippen molar-refractivity contribution in [2.75, 3.05) is 26.4 Å². The topological polar surface area (TPSA) is 63.2 Å². The van der Waals surface area contributed by atoms with Gasteiger partial charge in [-0.15, -0.1) is 0 Å². The molecule has 6 nitrogen and oxygen atoms in total. The third-order valence-corrected chi connectivity index (χ3v) is 3.45. The number of hydrogen-bond acceptors (Lipinski definition) is 6. The van der Waals surface area contributed by atoms with Crippen molar-refractivity contribution in [3.8, 4) is 5.75 Å². The van der Waals surface area contributed by atoms with Gasteiger partial charge in [0.15, 0.2) is 0 Å². The van der Waals surface area contributed by atoms with E-state index in [0.717, 1.165) is 5.75 Å². The fourth-order valence-corrected chi connectivity index (χ4v) is 2.04. The number of esters is 1. The Morgan fingerprint density at radius 2 is 1.23 bits per heavy atom. The molecule has 6 heteroatoms. The van der Waals surface area contributed by atoms with Gasteiger partial charge in [0.25, 0.3) is 0 Å². The molecule has 0 aliphatic heterocycles. The average Bonchev–Trinajstić information content (AvgIpc) is 2.62. The predicted molar refractivity (Wildman–Crippen MR) is 99.4 cm³/mol. The van der Waals surface area contributed by atoms with Crippen LogP contribution < -0.4 is 4.74 Å². The molecule has 0 aliphatic rings. The fraction of sp³-hybridized carbons (Fsp3) is 0.650. The highest BCUT2D eigenvalue weighted by Gasteiger charge is 2.12. The number of rotatable bonds is 13. The maximum atomic E-state index is 10.8. The fourth-order valence-electron chi connectivity index (χ4n) is 2.04. The van der Waals surface area contributed by atoms with Gasteiger partial charge < -0.3 is 23.7 Å². The van der Waals surface area contributed by atoms with Crippen LogP contribution in [0.15, 0.2) is 30.3 Å². The zero-order valence-electron chi connectivity index (χ0n) is 16.5. The van der Waals surface area contributed by atoms with Crippen LogP contribution in [-0.4, -0.2) is 56.8 Å². The van der Waals surface area contributed by atoms with Gasteiger partial charge in [-0.1, -0.05) is 18.2 Å². The minimum Gasteiger partial charge on any atom is -0.488 e. The van der Waals surface area contributed by atoms with Gasteiger partial charge in [0.05, 0.1) is 38.1 Å². The molecule has 0 amide bonds. The van der Waals surface area contributed by atoms with E-state index in [0.29, 0.717) is 19.8 Å². The molecule has 0 saturated carbocycles. The first kappa shape index (κ1) is 22.4. The second-order valence-electron chi connectivity index (χ2n) is 6.48. The molecule has 26 heavy (non-hydrogen) atoms. The molecular weight excluding hydrogens is 336 g/mol. The Labute approximate surface area is 156 Å². The van der Waals surface area contributed by atoms with Crippen molar-refractivity contribution in [3.63, 3.8) is 0 Å². The van der Waals surface area contributed by atoms with Crippen molar-refractivity contribution in [1.82, 2.24) is 0 Å². The minimum absolute atomic E-state index is 0.0391. The standard InChI is InChI=1S/C20H32O6/c1-15(11-23-17(3)13-25-19(5)21)22-12-16(2)24-14-18(4)26-20-9-7-6-8-10-20/h6-10,15-18H,11-14H2,1-5H3. The molecule has 1 aromatic rings. The van der Waals surface area contributed by atoms with Crippen molar-refractivity contribution < 1.29 is 28.5 Å². The smallest absolute Gasteiger partial charge is 0.302 e. The van der Waals surface area contributed by atoms with Crippen LogP contribution in [0.3, 0.4) is 0 Å². The third kappa shape index (κ3) is 11.1. The molecule has 0 bridgehead atoms. The molecule has 0 radical (unpaired) electrons. The van der Waals surface area contributed by atoms with Crippen LogP contribution in [0.5, 0.6) is 5.75 Å². The van der Waals surface area contributed by atoms with Gasteiger partial charge in [-0.05, 0) is 39.8 Å². The lowest BCUT2D eigenvalue weighted by atomic mass is 10.3. The molecule has 0 aliphatic carbocycles. The van der Waals surface area contributed by atoms with Crippen LogP contribution in [0.25, 0.3) is 0 Å². The van der Waals surface area contributed by atoms with Crippen molar-refractivity contribution in [3.05, 3.63) is 30.3 Å². The van der Waals surface area contributed by atoms with Crippen LogP contribution in [0.2, 0.25) is 0 Å². The SMILES string of the molecule is CC(=O)OCC(C)OCC(C)OCC(C)OCC(C)Oc1ccccc1. The lowest BCUT2D eigenvalue weighted by Crippen LogP contribution is -2.29. The third-order valence-electron chi connectivity index (χ3n) is 3.45. The van der Waals surface area contributed by atoms with Crippen LogP contribution in [0.4, 0.5) is 0 Å². The van der Waals surface area contributed by atoms with Crippen LogP contribution in [0, 0.1) is 0 Å².